The Bertz CT molecular complexity index is 925. The summed E-state index contributed by atoms with van der Waals surface area (Å²) in [6.07, 6.45) is 4.14. The van der Waals surface area contributed by atoms with Gasteiger partial charge in [0.05, 0.1) is 11.0 Å². The van der Waals surface area contributed by atoms with Gasteiger partial charge in [0.2, 0.25) is 11.9 Å². The lowest BCUT2D eigenvalue weighted by Gasteiger charge is -2.36. The van der Waals surface area contributed by atoms with E-state index in [1.54, 1.807) is 0 Å². The molecule has 28 heavy (non-hydrogen) atoms. The van der Waals surface area contributed by atoms with Gasteiger partial charge in [-0.1, -0.05) is 26.0 Å². The van der Waals surface area contributed by atoms with Crippen molar-refractivity contribution in [2.45, 2.75) is 39.2 Å². The summed E-state index contributed by atoms with van der Waals surface area (Å²) < 4.78 is 2.17. The summed E-state index contributed by atoms with van der Waals surface area (Å²) in [5.41, 5.74) is 2.01. The van der Waals surface area contributed by atoms with Crippen LogP contribution in [0.1, 0.15) is 38.6 Å². The number of hydrogen-bond donors (Lipinski definition) is 1. The summed E-state index contributed by atoms with van der Waals surface area (Å²) in [4.78, 5) is 26.6. The molecular weight excluding hydrogens is 354 g/mol. The van der Waals surface area contributed by atoms with Crippen molar-refractivity contribution in [1.82, 2.24) is 29.6 Å². The summed E-state index contributed by atoms with van der Waals surface area (Å²) in [7, 11) is 0. The molecule has 1 saturated heterocycles. The predicted molar refractivity (Wildman–Crippen MR) is 108 cm³/mol. The number of piperazine rings is 1. The first-order valence-corrected chi connectivity index (χ1v) is 10.1. The second-order valence-corrected chi connectivity index (χ2v) is 7.18. The van der Waals surface area contributed by atoms with Gasteiger partial charge in [0.1, 0.15) is 18.2 Å². The molecule has 1 N–H and O–H groups in total. The van der Waals surface area contributed by atoms with Crippen LogP contribution in [0.3, 0.4) is 0 Å². The van der Waals surface area contributed by atoms with Crippen LogP contribution >= 0.6 is 0 Å². The van der Waals surface area contributed by atoms with Crippen LogP contribution in [-0.4, -0.2) is 61.7 Å². The van der Waals surface area contributed by atoms with Gasteiger partial charge < -0.3 is 14.4 Å². The highest BCUT2D eigenvalue weighted by Crippen LogP contribution is 2.26. The normalized spacial score (nSPS) is 15.9. The fraction of sp³-hybridized carbons (Fsp3) is 0.500. The average Bonchev–Trinajstić information content (AvgIpc) is 3.38. The predicted octanol–water partition coefficient (Wildman–Crippen LogP) is 2.41. The summed E-state index contributed by atoms with van der Waals surface area (Å²) in [5, 5.41) is 6.81. The average molecular weight is 381 g/mol. The van der Waals surface area contributed by atoms with Crippen molar-refractivity contribution in [3.8, 4) is 0 Å². The Morgan fingerprint density at radius 3 is 2.64 bits per heavy atom. The van der Waals surface area contributed by atoms with Crippen LogP contribution in [0.4, 0.5) is 5.95 Å². The Morgan fingerprint density at radius 2 is 1.96 bits per heavy atom. The highest BCUT2D eigenvalue weighted by Gasteiger charge is 2.30. The Labute approximate surface area is 164 Å². The molecule has 3 aromatic rings. The number of benzene rings is 1. The van der Waals surface area contributed by atoms with E-state index in [-0.39, 0.29) is 11.9 Å². The third-order valence-corrected chi connectivity index (χ3v) is 5.42. The minimum absolute atomic E-state index is 0.181. The molecule has 0 saturated carbocycles. The molecule has 1 aliphatic rings. The number of rotatable bonds is 6. The lowest BCUT2D eigenvalue weighted by atomic mass is 10.1. The van der Waals surface area contributed by atoms with Gasteiger partial charge >= 0.3 is 0 Å². The maximum Gasteiger partial charge on any atom is 0.245 e. The van der Waals surface area contributed by atoms with E-state index in [2.05, 4.69) is 44.6 Å². The van der Waals surface area contributed by atoms with E-state index in [4.69, 9.17) is 4.98 Å². The highest BCUT2D eigenvalue weighted by atomic mass is 16.2. The number of fused-ring (bicyclic) bond motifs is 1. The first-order valence-electron chi connectivity index (χ1n) is 10.1. The molecule has 1 fully saturated rings. The number of nitrogens with one attached hydrogen (secondary N) is 1. The van der Waals surface area contributed by atoms with Gasteiger partial charge in [0, 0.05) is 32.6 Å². The summed E-state index contributed by atoms with van der Waals surface area (Å²) in [5.74, 6) is 1.95. The van der Waals surface area contributed by atoms with Gasteiger partial charge in [-0.25, -0.2) is 10.1 Å². The van der Waals surface area contributed by atoms with Gasteiger partial charge in [-0.2, -0.15) is 10.1 Å². The molecule has 4 rings (SSSR count). The van der Waals surface area contributed by atoms with Crippen molar-refractivity contribution in [1.29, 1.82) is 0 Å². The summed E-state index contributed by atoms with van der Waals surface area (Å²) in [6.45, 7) is 7.11. The van der Waals surface area contributed by atoms with Gasteiger partial charge in [-0.3, -0.25) is 4.79 Å². The zero-order chi connectivity index (χ0) is 19.5. The maximum atomic E-state index is 13.4. The topological polar surface area (TPSA) is 82.9 Å². The Kier molecular flexibility index (Phi) is 5.27. The molecule has 148 valence electrons. The third-order valence-electron chi connectivity index (χ3n) is 5.42. The smallest absolute Gasteiger partial charge is 0.245 e. The van der Waals surface area contributed by atoms with E-state index in [1.165, 1.54) is 6.33 Å². The molecule has 8 nitrogen and oxygen atoms in total. The number of carbonyl (C=O) groups excluding carboxylic acids is 1. The minimum Gasteiger partial charge on any atom is -0.338 e. The lowest BCUT2D eigenvalue weighted by molar-refractivity contribution is -0.135. The zero-order valence-corrected chi connectivity index (χ0v) is 16.5. The van der Waals surface area contributed by atoms with Crippen LogP contribution in [0.25, 0.3) is 11.0 Å². The lowest BCUT2D eigenvalue weighted by Crippen LogP contribution is -2.51. The molecule has 1 aliphatic heterocycles. The number of para-hydroxylation sites is 2. The molecule has 2 aromatic heterocycles. The van der Waals surface area contributed by atoms with Gasteiger partial charge in [-0.05, 0) is 25.0 Å². The number of anilines is 1. The van der Waals surface area contributed by atoms with Crippen LogP contribution in [-0.2, 0) is 11.2 Å². The standard InChI is InChI=1S/C20H27N7O/c1-3-7-18-23-15-8-5-6-9-17(15)27(18)16(4-2)19(28)25-10-12-26(13-11-25)20-21-14-22-24-20/h5-6,8-9,14,16H,3-4,7,10-13H2,1-2H3,(H,21,22,24). The number of H-pyrrole nitrogens is 1. The maximum absolute atomic E-state index is 13.4. The van der Waals surface area contributed by atoms with Crippen LogP contribution in [0.15, 0.2) is 30.6 Å². The fourth-order valence-corrected chi connectivity index (χ4v) is 4.01. The van der Waals surface area contributed by atoms with Crippen molar-refractivity contribution in [2.75, 3.05) is 31.1 Å². The van der Waals surface area contributed by atoms with E-state index in [0.717, 1.165) is 55.2 Å². The highest BCUT2D eigenvalue weighted by molar-refractivity contribution is 5.84. The molecule has 0 radical (unpaired) electrons. The molecule has 0 aliphatic carbocycles. The van der Waals surface area contributed by atoms with Gasteiger partial charge in [0.15, 0.2) is 0 Å². The fourth-order valence-electron chi connectivity index (χ4n) is 4.01. The first kappa shape index (κ1) is 18.5. The number of amides is 1. The van der Waals surface area contributed by atoms with Crippen molar-refractivity contribution in [2.24, 2.45) is 0 Å². The number of carbonyl (C=O) groups is 1. The van der Waals surface area contributed by atoms with E-state index in [0.29, 0.717) is 13.1 Å². The van der Waals surface area contributed by atoms with Crippen molar-refractivity contribution < 1.29 is 4.79 Å². The van der Waals surface area contributed by atoms with E-state index < -0.39 is 0 Å². The second-order valence-electron chi connectivity index (χ2n) is 7.18. The quantitative estimate of drug-likeness (QED) is 0.709. The van der Waals surface area contributed by atoms with E-state index >= 15 is 0 Å². The van der Waals surface area contributed by atoms with Gasteiger partial charge in [-0.15, -0.1) is 0 Å². The number of imidazole rings is 1. The van der Waals surface area contributed by atoms with Gasteiger partial charge in [0.25, 0.3) is 0 Å². The van der Waals surface area contributed by atoms with Crippen LogP contribution in [0.5, 0.6) is 0 Å². The van der Waals surface area contributed by atoms with E-state index in [1.807, 2.05) is 23.1 Å². The number of nitrogens with zero attached hydrogens (tertiary/aromatic N) is 6. The first-order chi connectivity index (χ1) is 13.7. The van der Waals surface area contributed by atoms with Crippen LogP contribution < -0.4 is 4.90 Å². The number of aryl methyl sites for hydroxylation is 1. The third kappa shape index (κ3) is 3.34. The SMILES string of the molecule is CCCc1nc2ccccc2n1C(CC)C(=O)N1CCN(c2ncn[nH]2)CC1. The van der Waals surface area contributed by atoms with Crippen molar-refractivity contribution >= 4 is 22.9 Å². The van der Waals surface area contributed by atoms with Crippen LogP contribution in [0, 0.1) is 0 Å². The number of aromatic nitrogens is 5. The largest absolute Gasteiger partial charge is 0.338 e. The number of aromatic amines is 1. The molecule has 0 spiro atoms. The monoisotopic (exact) mass is 381 g/mol. The summed E-state index contributed by atoms with van der Waals surface area (Å²) in [6, 6.07) is 7.90. The molecule has 3 heterocycles. The Hall–Kier alpha value is -2.90. The zero-order valence-electron chi connectivity index (χ0n) is 16.5. The second kappa shape index (κ2) is 8.00. The molecule has 1 amide bonds. The molecule has 8 heteroatoms. The molecule has 1 unspecified atom stereocenters. The molecular formula is C20H27N7O. The van der Waals surface area contributed by atoms with E-state index in [9.17, 15) is 4.79 Å². The van der Waals surface area contributed by atoms with Crippen molar-refractivity contribution in [3.05, 3.63) is 36.4 Å². The molecule has 1 aromatic carbocycles. The number of hydrogen-bond acceptors (Lipinski definition) is 5. The molecule has 0 bridgehead atoms. The van der Waals surface area contributed by atoms with Crippen molar-refractivity contribution in [3.63, 3.8) is 0 Å². The Balaban J connectivity index is 1.57. The molecule has 1 atom stereocenters. The van der Waals surface area contributed by atoms with Crippen LogP contribution in [0.2, 0.25) is 0 Å². The Morgan fingerprint density at radius 1 is 1.18 bits per heavy atom. The minimum atomic E-state index is -0.217. The summed E-state index contributed by atoms with van der Waals surface area (Å²) >= 11 is 0.